The second kappa shape index (κ2) is 7.51. The van der Waals surface area contributed by atoms with Crippen LogP contribution in [-0.4, -0.2) is 32.9 Å². The monoisotopic (exact) mass is 263 g/mol. The molecule has 0 spiro atoms. The number of rotatable bonds is 8. The molecule has 106 valence electrons. The highest BCUT2D eigenvalue weighted by Crippen LogP contribution is 2.26. The van der Waals surface area contributed by atoms with Crippen LogP contribution in [0.5, 0.6) is 5.75 Å². The summed E-state index contributed by atoms with van der Waals surface area (Å²) in [5.74, 6) is 1.01. The number of fused-ring (bicyclic) bond motifs is 1. The van der Waals surface area contributed by atoms with Crippen LogP contribution in [0.15, 0.2) is 18.2 Å². The molecule has 1 unspecified atom stereocenters. The summed E-state index contributed by atoms with van der Waals surface area (Å²) < 4.78 is 11.0. The summed E-state index contributed by atoms with van der Waals surface area (Å²) in [6.07, 6.45) is 4.96. The molecule has 0 aromatic heterocycles. The molecule has 2 rings (SSSR count). The Kier molecular flexibility index (Phi) is 5.67. The van der Waals surface area contributed by atoms with Crippen LogP contribution in [0.3, 0.4) is 0 Å². The van der Waals surface area contributed by atoms with E-state index in [0.29, 0.717) is 0 Å². The van der Waals surface area contributed by atoms with Gasteiger partial charge in [-0.05, 0) is 62.4 Å². The van der Waals surface area contributed by atoms with Crippen LogP contribution < -0.4 is 10.1 Å². The zero-order chi connectivity index (χ0) is 13.5. The Labute approximate surface area is 116 Å². The van der Waals surface area contributed by atoms with Crippen LogP contribution >= 0.6 is 0 Å². The molecule has 0 fully saturated rings. The number of ether oxygens (including phenoxy) is 2. The van der Waals surface area contributed by atoms with Crippen LogP contribution in [0, 0.1) is 0 Å². The van der Waals surface area contributed by atoms with Crippen molar-refractivity contribution >= 4 is 0 Å². The maximum Gasteiger partial charge on any atom is 0.120 e. The third kappa shape index (κ3) is 4.51. The number of benzene rings is 1. The van der Waals surface area contributed by atoms with Crippen molar-refractivity contribution in [1.82, 2.24) is 5.32 Å². The Morgan fingerprint density at radius 1 is 1.26 bits per heavy atom. The van der Waals surface area contributed by atoms with Gasteiger partial charge in [0.25, 0.3) is 0 Å². The molecule has 1 aliphatic rings. The first kappa shape index (κ1) is 14.4. The van der Waals surface area contributed by atoms with Crippen molar-refractivity contribution in [3.8, 4) is 5.75 Å². The number of hydrogen-bond donors (Lipinski definition) is 1. The molecule has 1 aromatic rings. The van der Waals surface area contributed by atoms with Crippen LogP contribution in [0.4, 0.5) is 0 Å². The Morgan fingerprint density at radius 3 is 2.95 bits per heavy atom. The number of methoxy groups -OCH3 is 1. The van der Waals surface area contributed by atoms with Crippen LogP contribution in [0.25, 0.3) is 0 Å². The molecule has 0 heterocycles. The van der Waals surface area contributed by atoms with Crippen molar-refractivity contribution in [1.29, 1.82) is 0 Å². The van der Waals surface area contributed by atoms with Crippen LogP contribution in [-0.2, 0) is 17.6 Å². The number of hydrogen-bond acceptors (Lipinski definition) is 3. The van der Waals surface area contributed by atoms with E-state index in [2.05, 4.69) is 30.4 Å². The van der Waals surface area contributed by atoms with Gasteiger partial charge < -0.3 is 14.8 Å². The molecule has 0 bridgehead atoms. The Bertz CT molecular complexity index is 392. The highest BCUT2D eigenvalue weighted by atomic mass is 16.5. The summed E-state index contributed by atoms with van der Waals surface area (Å²) in [5, 5.41) is 3.39. The summed E-state index contributed by atoms with van der Waals surface area (Å²) in [5.41, 5.74) is 2.97. The van der Waals surface area contributed by atoms with Crippen molar-refractivity contribution in [2.45, 2.75) is 38.7 Å². The van der Waals surface area contributed by atoms with Gasteiger partial charge in [-0.3, -0.25) is 0 Å². The summed E-state index contributed by atoms with van der Waals surface area (Å²) in [6, 6.07) is 6.53. The predicted octanol–water partition coefficient (Wildman–Crippen LogP) is 2.57. The molecular formula is C16H25NO2. The minimum absolute atomic E-state index is 0.196. The SMILES string of the molecule is COCCCNCC(C)Oc1ccc2c(c1)CCC2. The quantitative estimate of drug-likeness (QED) is 0.731. The molecule has 0 saturated heterocycles. The summed E-state index contributed by atoms with van der Waals surface area (Å²) in [4.78, 5) is 0. The zero-order valence-corrected chi connectivity index (χ0v) is 12.1. The summed E-state index contributed by atoms with van der Waals surface area (Å²) in [6.45, 7) is 4.77. The average molecular weight is 263 g/mol. The van der Waals surface area contributed by atoms with E-state index < -0.39 is 0 Å². The molecule has 1 N–H and O–H groups in total. The lowest BCUT2D eigenvalue weighted by molar-refractivity contribution is 0.188. The van der Waals surface area contributed by atoms with Gasteiger partial charge in [-0.15, -0.1) is 0 Å². The Hall–Kier alpha value is -1.06. The second-order valence-corrected chi connectivity index (χ2v) is 5.26. The van der Waals surface area contributed by atoms with Gasteiger partial charge in [0.2, 0.25) is 0 Å². The average Bonchev–Trinajstić information content (AvgIpc) is 2.86. The van der Waals surface area contributed by atoms with E-state index in [9.17, 15) is 0 Å². The molecular weight excluding hydrogens is 238 g/mol. The smallest absolute Gasteiger partial charge is 0.120 e. The Balaban J connectivity index is 1.71. The first-order valence-electron chi connectivity index (χ1n) is 7.27. The fourth-order valence-electron chi connectivity index (χ4n) is 2.54. The Morgan fingerprint density at radius 2 is 2.11 bits per heavy atom. The third-order valence-electron chi connectivity index (χ3n) is 3.54. The lowest BCUT2D eigenvalue weighted by atomic mass is 10.1. The highest BCUT2D eigenvalue weighted by Gasteiger charge is 2.12. The van der Waals surface area contributed by atoms with Crippen molar-refractivity contribution in [2.24, 2.45) is 0 Å². The first-order valence-corrected chi connectivity index (χ1v) is 7.27. The molecule has 1 aromatic carbocycles. The largest absolute Gasteiger partial charge is 0.489 e. The van der Waals surface area contributed by atoms with E-state index in [0.717, 1.165) is 31.9 Å². The normalized spacial score (nSPS) is 15.3. The highest BCUT2D eigenvalue weighted by molar-refractivity contribution is 5.38. The third-order valence-corrected chi connectivity index (χ3v) is 3.54. The summed E-state index contributed by atoms with van der Waals surface area (Å²) in [7, 11) is 1.74. The maximum absolute atomic E-state index is 5.95. The first-order chi connectivity index (χ1) is 9.29. The van der Waals surface area contributed by atoms with Gasteiger partial charge in [0.15, 0.2) is 0 Å². The van der Waals surface area contributed by atoms with E-state index in [-0.39, 0.29) is 6.10 Å². The van der Waals surface area contributed by atoms with Gasteiger partial charge in [-0.1, -0.05) is 6.07 Å². The van der Waals surface area contributed by atoms with E-state index in [4.69, 9.17) is 9.47 Å². The van der Waals surface area contributed by atoms with Gasteiger partial charge in [0, 0.05) is 20.3 Å². The van der Waals surface area contributed by atoms with E-state index in [1.54, 1.807) is 7.11 Å². The molecule has 1 aliphatic carbocycles. The van der Waals surface area contributed by atoms with E-state index in [1.807, 2.05) is 0 Å². The molecule has 0 aliphatic heterocycles. The summed E-state index contributed by atoms with van der Waals surface area (Å²) >= 11 is 0. The van der Waals surface area contributed by atoms with E-state index >= 15 is 0 Å². The second-order valence-electron chi connectivity index (χ2n) is 5.26. The van der Waals surface area contributed by atoms with Gasteiger partial charge in [0.05, 0.1) is 0 Å². The van der Waals surface area contributed by atoms with Gasteiger partial charge in [-0.2, -0.15) is 0 Å². The van der Waals surface area contributed by atoms with Crippen molar-refractivity contribution in [2.75, 3.05) is 26.8 Å². The number of nitrogens with one attached hydrogen (secondary N) is 1. The maximum atomic E-state index is 5.95. The van der Waals surface area contributed by atoms with Gasteiger partial charge in [-0.25, -0.2) is 0 Å². The minimum Gasteiger partial charge on any atom is -0.489 e. The molecule has 0 amide bonds. The van der Waals surface area contributed by atoms with Crippen LogP contribution in [0.1, 0.15) is 30.9 Å². The van der Waals surface area contributed by atoms with Crippen molar-refractivity contribution in [3.05, 3.63) is 29.3 Å². The molecule has 3 nitrogen and oxygen atoms in total. The minimum atomic E-state index is 0.196. The lowest BCUT2D eigenvalue weighted by Gasteiger charge is -2.16. The lowest BCUT2D eigenvalue weighted by Crippen LogP contribution is -2.30. The van der Waals surface area contributed by atoms with E-state index in [1.165, 1.54) is 30.4 Å². The van der Waals surface area contributed by atoms with Crippen LogP contribution in [0.2, 0.25) is 0 Å². The van der Waals surface area contributed by atoms with Gasteiger partial charge in [0.1, 0.15) is 11.9 Å². The topological polar surface area (TPSA) is 30.5 Å². The molecule has 3 heteroatoms. The molecule has 0 radical (unpaired) electrons. The predicted molar refractivity (Wildman–Crippen MR) is 77.9 cm³/mol. The fraction of sp³-hybridized carbons (Fsp3) is 0.625. The standard InChI is InChI=1S/C16H25NO2/c1-13(12-17-9-4-10-18-2)19-16-8-7-14-5-3-6-15(14)11-16/h7-8,11,13,17H,3-6,9-10,12H2,1-2H3. The van der Waals surface area contributed by atoms with Crippen molar-refractivity contribution < 1.29 is 9.47 Å². The number of aryl methyl sites for hydroxylation is 2. The fourth-order valence-corrected chi connectivity index (χ4v) is 2.54. The molecule has 0 saturated carbocycles. The zero-order valence-electron chi connectivity index (χ0n) is 12.1. The van der Waals surface area contributed by atoms with Gasteiger partial charge >= 0.3 is 0 Å². The molecule has 19 heavy (non-hydrogen) atoms. The molecule has 1 atom stereocenters. The van der Waals surface area contributed by atoms with Crippen molar-refractivity contribution in [3.63, 3.8) is 0 Å².